The molecule has 0 saturated carbocycles. The predicted molar refractivity (Wildman–Crippen MR) is 134 cm³/mol. The topological polar surface area (TPSA) is 88.0 Å². The number of thiophene rings is 1. The van der Waals surface area contributed by atoms with E-state index < -0.39 is 0 Å². The first-order chi connectivity index (χ1) is 16.7. The first-order valence-electron chi connectivity index (χ1n) is 11.5. The number of nitrogens with zero attached hydrogens (tertiary/aromatic N) is 2. The third kappa shape index (κ3) is 4.29. The van der Waals surface area contributed by atoms with Gasteiger partial charge in [0.2, 0.25) is 0 Å². The summed E-state index contributed by atoms with van der Waals surface area (Å²) in [5, 5.41) is 10.1. The van der Waals surface area contributed by atoms with Crippen LogP contribution in [0.4, 0.5) is 0 Å². The van der Waals surface area contributed by atoms with Gasteiger partial charge in [0.1, 0.15) is 17.3 Å². The van der Waals surface area contributed by atoms with Gasteiger partial charge in [-0.1, -0.05) is 31.0 Å². The molecule has 0 radical (unpaired) electrons. The maximum Gasteiger partial charge on any atom is 0.260 e. The second-order valence-electron chi connectivity index (χ2n) is 8.44. The van der Waals surface area contributed by atoms with Gasteiger partial charge in [0.25, 0.3) is 5.56 Å². The Morgan fingerprint density at radius 3 is 2.74 bits per heavy atom. The lowest BCUT2D eigenvalue weighted by molar-refractivity contribution is 0.284. The number of rotatable bonds is 5. The number of nitriles is 1. The van der Waals surface area contributed by atoms with E-state index in [0.717, 1.165) is 40.6 Å². The molecule has 34 heavy (non-hydrogen) atoms. The minimum Gasteiger partial charge on any atom is -0.493 e. The number of H-pyrrole nitrogens is 1. The van der Waals surface area contributed by atoms with Crippen molar-refractivity contribution in [2.45, 2.75) is 45.1 Å². The van der Waals surface area contributed by atoms with E-state index in [2.05, 4.69) is 11.1 Å². The molecule has 0 unspecified atom stereocenters. The number of aryl methyl sites for hydroxylation is 2. The monoisotopic (exact) mass is 471 g/mol. The first-order valence-corrected chi connectivity index (χ1v) is 12.3. The predicted octanol–water partition coefficient (Wildman–Crippen LogP) is 5.77. The summed E-state index contributed by atoms with van der Waals surface area (Å²) in [4.78, 5) is 23.0. The van der Waals surface area contributed by atoms with E-state index in [9.17, 15) is 10.1 Å². The van der Waals surface area contributed by atoms with Crippen molar-refractivity contribution in [1.29, 1.82) is 5.26 Å². The molecule has 0 atom stereocenters. The molecule has 0 saturated heterocycles. The molecule has 2 aromatic heterocycles. The average molecular weight is 472 g/mol. The number of hydrogen-bond donors (Lipinski definition) is 1. The Balaban J connectivity index is 1.46. The van der Waals surface area contributed by atoms with E-state index in [1.807, 2.05) is 30.3 Å². The number of hydrogen-bond acceptors (Lipinski definition) is 6. The summed E-state index contributed by atoms with van der Waals surface area (Å²) < 4.78 is 11.5. The number of aromatic amines is 1. The van der Waals surface area contributed by atoms with Gasteiger partial charge >= 0.3 is 0 Å². The molecular formula is C27H25N3O3S. The third-order valence-corrected chi connectivity index (χ3v) is 7.47. The second-order valence-corrected chi connectivity index (χ2v) is 9.52. The van der Waals surface area contributed by atoms with Crippen LogP contribution in [0.25, 0.3) is 21.6 Å². The van der Waals surface area contributed by atoms with Crippen molar-refractivity contribution in [3.63, 3.8) is 0 Å². The molecule has 1 N–H and O–H groups in total. The van der Waals surface area contributed by atoms with E-state index >= 15 is 0 Å². The third-order valence-electron chi connectivity index (χ3n) is 6.28. The van der Waals surface area contributed by atoms with Gasteiger partial charge in [-0.25, -0.2) is 4.98 Å². The van der Waals surface area contributed by atoms with Crippen molar-refractivity contribution in [3.8, 4) is 29.0 Å². The van der Waals surface area contributed by atoms with Crippen LogP contribution >= 0.6 is 11.3 Å². The Morgan fingerprint density at radius 1 is 1.09 bits per heavy atom. The summed E-state index contributed by atoms with van der Waals surface area (Å²) in [5.74, 6) is 1.61. The van der Waals surface area contributed by atoms with Crippen LogP contribution in [0.15, 0.2) is 47.3 Å². The fraction of sp³-hybridized carbons (Fsp3) is 0.296. The van der Waals surface area contributed by atoms with E-state index in [1.54, 1.807) is 30.6 Å². The highest BCUT2D eigenvalue weighted by molar-refractivity contribution is 7.18. The van der Waals surface area contributed by atoms with Crippen molar-refractivity contribution in [1.82, 2.24) is 9.97 Å². The van der Waals surface area contributed by atoms with Gasteiger partial charge in [0, 0.05) is 16.0 Å². The second kappa shape index (κ2) is 9.70. The van der Waals surface area contributed by atoms with Crippen molar-refractivity contribution >= 4 is 21.6 Å². The normalized spacial score (nSPS) is 13.5. The zero-order chi connectivity index (χ0) is 23.5. The van der Waals surface area contributed by atoms with E-state index in [0.29, 0.717) is 22.9 Å². The molecule has 2 aromatic carbocycles. The highest BCUT2D eigenvalue weighted by Crippen LogP contribution is 2.35. The molecule has 1 aliphatic rings. The molecule has 0 fully saturated rings. The molecule has 0 bridgehead atoms. The molecule has 5 rings (SSSR count). The molecule has 7 heteroatoms. The molecule has 0 spiro atoms. The summed E-state index contributed by atoms with van der Waals surface area (Å²) in [5.41, 5.74) is 3.25. The molecule has 4 aromatic rings. The number of ether oxygens (including phenoxy) is 2. The van der Waals surface area contributed by atoms with Crippen LogP contribution in [-0.4, -0.2) is 17.1 Å². The van der Waals surface area contributed by atoms with Crippen LogP contribution in [0, 0.1) is 11.3 Å². The number of benzene rings is 2. The molecule has 0 aliphatic heterocycles. The van der Waals surface area contributed by atoms with Gasteiger partial charge in [-0.3, -0.25) is 4.79 Å². The first kappa shape index (κ1) is 22.2. The van der Waals surface area contributed by atoms with E-state index in [1.165, 1.54) is 29.7 Å². The molecule has 1 aliphatic carbocycles. The van der Waals surface area contributed by atoms with Crippen molar-refractivity contribution in [3.05, 3.63) is 74.4 Å². The number of nitrogens with one attached hydrogen (secondary N) is 1. The summed E-state index contributed by atoms with van der Waals surface area (Å²) >= 11 is 1.65. The van der Waals surface area contributed by atoms with Crippen LogP contribution in [0.2, 0.25) is 0 Å². The number of fused-ring (bicyclic) bond motifs is 3. The van der Waals surface area contributed by atoms with E-state index in [-0.39, 0.29) is 12.2 Å². The fourth-order valence-corrected chi connectivity index (χ4v) is 5.76. The fourth-order valence-electron chi connectivity index (χ4n) is 4.50. The minimum absolute atomic E-state index is 0.0783. The Kier molecular flexibility index (Phi) is 6.33. The molecule has 2 heterocycles. The lowest BCUT2D eigenvalue weighted by atomic mass is 9.98. The zero-order valence-electron chi connectivity index (χ0n) is 19.0. The minimum atomic E-state index is -0.0783. The molecular weight excluding hydrogens is 446 g/mol. The largest absolute Gasteiger partial charge is 0.493 e. The number of methoxy groups -OCH3 is 1. The SMILES string of the molecule is COc1cc(-c2nc3sc4c(c3c(=O)[nH]2)CCCCCC4)ccc1OCc1ccccc1C#N. The average Bonchev–Trinajstić information content (AvgIpc) is 3.19. The smallest absolute Gasteiger partial charge is 0.260 e. The molecule has 172 valence electrons. The summed E-state index contributed by atoms with van der Waals surface area (Å²) in [7, 11) is 1.58. The Morgan fingerprint density at radius 2 is 1.91 bits per heavy atom. The molecule has 6 nitrogen and oxygen atoms in total. The van der Waals surface area contributed by atoms with E-state index in [4.69, 9.17) is 14.5 Å². The van der Waals surface area contributed by atoms with Crippen LogP contribution in [0.5, 0.6) is 11.5 Å². The quantitative estimate of drug-likeness (QED) is 0.399. The van der Waals surface area contributed by atoms with Gasteiger partial charge < -0.3 is 14.5 Å². The van der Waals surface area contributed by atoms with Gasteiger partial charge in [-0.2, -0.15) is 5.26 Å². The lowest BCUT2D eigenvalue weighted by Crippen LogP contribution is -2.10. The highest BCUT2D eigenvalue weighted by atomic mass is 32.1. The Labute approximate surface area is 201 Å². The van der Waals surface area contributed by atoms with Gasteiger partial charge in [-0.15, -0.1) is 11.3 Å². The van der Waals surface area contributed by atoms with Crippen LogP contribution in [0.3, 0.4) is 0 Å². The molecule has 0 amide bonds. The Bertz CT molecular complexity index is 1450. The van der Waals surface area contributed by atoms with Gasteiger partial charge in [0.15, 0.2) is 11.5 Å². The maximum absolute atomic E-state index is 13.1. The van der Waals surface area contributed by atoms with Gasteiger partial charge in [-0.05, 0) is 55.5 Å². The van der Waals surface area contributed by atoms with Gasteiger partial charge in [0.05, 0.1) is 24.1 Å². The Hall–Kier alpha value is -3.63. The van der Waals surface area contributed by atoms with Crippen molar-refractivity contribution in [2.75, 3.05) is 7.11 Å². The van der Waals surface area contributed by atoms with Crippen molar-refractivity contribution in [2.24, 2.45) is 0 Å². The summed E-state index contributed by atoms with van der Waals surface area (Å²) in [6, 6.07) is 15.0. The zero-order valence-corrected chi connectivity index (χ0v) is 19.8. The van der Waals surface area contributed by atoms with Crippen LogP contribution in [-0.2, 0) is 19.4 Å². The van der Waals surface area contributed by atoms with Crippen LogP contribution in [0.1, 0.15) is 47.3 Å². The lowest BCUT2D eigenvalue weighted by Gasteiger charge is -2.13. The summed E-state index contributed by atoms with van der Waals surface area (Å²) in [6.45, 7) is 0.251. The standard InChI is InChI=1S/C27H25N3O3S/c1-32-22-14-17(12-13-21(22)33-16-19-9-7-6-8-18(19)15-28)25-29-26(31)24-20-10-4-2-3-5-11-23(20)34-27(24)30-25/h6-9,12-14H,2-5,10-11,16H2,1H3,(H,29,30,31). The number of aromatic nitrogens is 2. The maximum atomic E-state index is 13.1. The van der Waals surface area contributed by atoms with Crippen LogP contribution < -0.4 is 15.0 Å². The van der Waals surface area contributed by atoms with Crippen molar-refractivity contribution < 1.29 is 9.47 Å². The highest BCUT2D eigenvalue weighted by Gasteiger charge is 2.19. The summed E-state index contributed by atoms with van der Waals surface area (Å²) in [6.07, 6.45) is 6.74.